The fourth-order valence-electron chi connectivity index (χ4n) is 0.649. The van der Waals surface area contributed by atoms with Crippen LogP contribution in [0.1, 0.15) is 6.92 Å². The average Bonchev–Trinajstić information content (AvgIpc) is 2.05. The summed E-state index contributed by atoms with van der Waals surface area (Å²) in [7, 11) is 0. The van der Waals surface area contributed by atoms with Crippen LogP contribution in [0.15, 0.2) is 0 Å². The fraction of sp³-hybridized carbons (Fsp3) is 0.714. The largest absolute Gasteiger partial charge is 0.480 e. The Hall–Kier alpha value is -1.14. The molecule has 0 saturated heterocycles. The molecule has 0 heterocycles. The lowest BCUT2D eigenvalue weighted by Crippen LogP contribution is -2.42. The van der Waals surface area contributed by atoms with Gasteiger partial charge >= 0.3 is 11.9 Å². The molecule has 76 valence electrons. The van der Waals surface area contributed by atoms with Gasteiger partial charge in [-0.05, 0) is 6.92 Å². The SMILES string of the molecule is CCOC(=O)CN[C@H](CO)C(=O)O. The van der Waals surface area contributed by atoms with Crippen LogP contribution in [0.5, 0.6) is 0 Å². The molecule has 0 aromatic heterocycles. The van der Waals surface area contributed by atoms with E-state index in [1.54, 1.807) is 6.92 Å². The van der Waals surface area contributed by atoms with E-state index in [1.165, 1.54) is 0 Å². The maximum absolute atomic E-state index is 10.7. The van der Waals surface area contributed by atoms with Crippen molar-refractivity contribution in [3.05, 3.63) is 0 Å². The van der Waals surface area contributed by atoms with Gasteiger partial charge in [-0.3, -0.25) is 14.9 Å². The van der Waals surface area contributed by atoms with E-state index in [9.17, 15) is 9.59 Å². The summed E-state index contributed by atoms with van der Waals surface area (Å²) in [5.74, 6) is -1.74. The molecule has 3 N–H and O–H groups in total. The van der Waals surface area contributed by atoms with Crippen molar-refractivity contribution in [2.45, 2.75) is 13.0 Å². The van der Waals surface area contributed by atoms with Crippen LogP contribution < -0.4 is 5.32 Å². The topological polar surface area (TPSA) is 95.9 Å². The first-order chi connectivity index (χ1) is 6.11. The fourth-order valence-corrected chi connectivity index (χ4v) is 0.649. The minimum Gasteiger partial charge on any atom is -0.480 e. The van der Waals surface area contributed by atoms with Crippen molar-refractivity contribution in [1.29, 1.82) is 0 Å². The Balaban J connectivity index is 3.72. The molecule has 6 heteroatoms. The molecule has 0 aromatic rings. The number of nitrogens with one attached hydrogen (secondary N) is 1. The molecule has 0 aromatic carbocycles. The number of carboxylic acid groups (broad SMARTS) is 1. The number of rotatable bonds is 6. The maximum Gasteiger partial charge on any atom is 0.323 e. The zero-order valence-corrected chi connectivity index (χ0v) is 7.32. The number of carboxylic acids is 1. The highest BCUT2D eigenvalue weighted by atomic mass is 16.5. The number of hydrogen-bond donors (Lipinski definition) is 3. The van der Waals surface area contributed by atoms with Crippen LogP contribution in [0, 0.1) is 0 Å². The van der Waals surface area contributed by atoms with Crippen LogP contribution in [0.2, 0.25) is 0 Å². The van der Waals surface area contributed by atoms with Gasteiger partial charge in [-0.15, -0.1) is 0 Å². The highest BCUT2D eigenvalue weighted by Gasteiger charge is 2.16. The summed E-state index contributed by atoms with van der Waals surface area (Å²) >= 11 is 0. The first-order valence-corrected chi connectivity index (χ1v) is 3.84. The minimum atomic E-state index is -1.20. The van der Waals surface area contributed by atoms with E-state index in [1.807, 2.05) is 0 Å². The Kier molecular flexibility index (Phi) is 5.82. The number of aliphatic carboxylic acids is 1. The van der Waals surface area contributed by atoms with Gasteiger partial charge in [-0.2, -0.15) is 0 Å². The Morgan fingerprint density at radius 3 is 2.54 bits per heavy atom. The van der Waals surface area contributed by atoms with E-state index >= 15 is 0 Å². The van der Waals surface area contributed by atoms with Crippen molar-refractivity contribution in [3.8, 4) is 0 Å². The predicted molar refractivity (Wildman–Crippen MR) is 43.1 cm³/mol. The molecule has 0 spiro atoms. The van der Waals surface area contributed by atoms with Crippen molar-refractivity contribution >= 4 is 11.9 Å². The molecule has 0 aliphatic heterocycles. The van der Waals surface area contributed by atoms with Crippen LogP contribution in [0.25, 0.3) is 0 Å². The number of carbonyl (C=O) groups is 2. The summed E-state index contributed by atoms with van der Waals surface area (Å²) in [6.07, 6.45) is 0. The molecule has 0 bridgehead atoms. The lowest BCUT2D eigenvalue weighted by atomic mass is 10.3. The quantitative estimate of drug-likeness (QED) is 0.446. The Labute approximate surface area is 75.5 Å². The van der Waals surface area contributed by atoms with Crippen molar-refractivity contribution in [2.75, 3.05) is 19.8 Å². The lowest BCUT2D eigenvalue weighted by molar-refractivity contribution is -0.143. The standard InChI is InChI=1S/C7H13NO5/c1-2-13-6(10)3-8-5(4-9)7(11)12/h5,8-9H,2-4H2,1H3,(H,11,12)/t5-/m1/s1. The molecule has 0 unspecified atom stereocenters. The summed E-state index contributed by atoms with van der Waals surface area (Å²) in [6, 6.07) is -1.12. The molecule has 0 radical (unpaired) electrons. The molecular weight excluding hydrogens is 178 g/mol. The smallest absolute Gasteiger partial charge is 0.323 e. The second kappa shape index (κ2) is 6.38. The van der Waals surface area contributed by atoms with Gasteiger partial charge in [0.25, 0.3) is 0 Å². The molecule has 0 aliphatic rings. The number of aliphatic hydroxyl groups excluding tert-OH is 1. The van der Waals surface area contributed by atoms with Crippen molar-refractivity contribution in [1.82, 2.24) is 5.32 Å². The van der Waals surface area contributed by atoms with E-state index in [0.717, 1.165) is 0 Å². The number of esters is 1. The van der Waals surface area contributed by atoms with Gasteiger partial charge in [0.15, 0.2) is 0 Å². The summed E-state index contributed by atoms with van der Waals surface area (Å²) in [4.78, 5) is 21.1. The first-order valence-electron chi connectivity index (χ1n) is 3.84. The molecule has 1 atom stereocenters. The van der Waals surface area contributed by atoms with Crippen LogP contribution in [0.3, 0.4) is 0 Å². The van der Waals surface area contributed by atoms with Crippen LogP contribution >= 0.6 is 0 Å². The Bertz CT molecular complexity index is 182. The molecule has 0 fully saturated rings. The van der Waals surface area contributed by atoms with Gasteiger partial charge in [0.2, 0.25) is 0 Å². The highest BCUT2D eigenvalue weighted by molar-refractivity contribution is 5.76. The zero-order valence-electron chi connectivity index (χ0n) is 7.32. The van der Waals surface area contributed by atoms with E-state index in [-0.39, 0.29) is 13.2 Å². The third kappa shape index (κ3) is 5.15. The summed E-state index contributed by atoms with van der Waals surface area (Å²) in [6.45, 7) is 1.12. The van der Waals surface area contributed by atoms with Crippen molar-refractivity contribution in [2.24, 2.45) is 0 Å². The monoisotopic (exact) mass is 191 g/mol. The highest BCUT2D eigenvalue weighted by Crippen LogP contribution is 1.83. The van der Waals surface area contributed by atoms with Gasteiger partial charge in [-0.25, -0.2) is 0 Å². The van der Waals surface area contributed by atoms with Crippen LogP contribution in [-0.4, -0.2) is 48.0 Å². The van der Waals surface area contributed by atoms with Gasteiger partial charge < -0.3 is 14.9 Å². The van der Waals surface area contributed by atoms with E-state index in [2.05, 4.69) is 10.1 Å². The van der Waals surface area contributed by atoms with Crippen LogP contribution in [-0.2, 0) is 14.3 Å². The third-order valence-corrected chi connectivity index (χ3v) is 1.28. The maximum atomic E-state index is 10.7. The number of aliphatic hydroxyl groups is 1. The molecule has 6 nitrogen and oxygen atoms in total. The Morgan fingerprint density at radius 1 is 1.54 bits per heavy atom. The molecule has 0 rings (SSSR count). The molecule has 0 aliphatic carbocycles. The lowest BCUT2D eigenvalue weighted by Gasteiger charge is -2.10. The predicted octanol–water partition coefficient (Wildman–Crippen LogP) is -1.42. The zero-order chi connectivity index (χ0) is 10.3. The second-order valence-electron chi connectivity index (χ2n) is 2.26. The number of carbonyl (C=O) groups excluding carboxylic acids is 1. The number of ether oxygens (including phenoxy) is 1. The molecule has 13 heavy (non-hydrogen) atoms. The van der Waals surface area contributed by atoms with Crippen molar-refractivity contribution in [3.63, 3.8) is 0 Å². The minimum absolute atomic E-state index is 0.217. The van der Waals surface area contributed by atoms with Crippen LogP contribution in [0.4, 0.5) is 0 Å². The van der Waals surface area contributed by atoms with Gasteiger partial charge in [-0.1, -0.05) is 0 Å². The van der Waals surface area contributed by atoms with Gasteiger partial charge in [0, 0.05) is 0 Å². The first kappa shape index (κ1) is 11.9. The number of hydrogen-bond acceptors (Lipinski definition) is 5. The normalized spacial score (nSPS) is 12.2. The molecule has 0 saturated carbocycles. The van der Waals surface area contributed by atoms with Gasteiger partial charge in [0.05, 0.1) is 19.8 Å². The third-order valence-electron chi connectivity index (χ3n) is 1.28. The Morgan fingerprint density at radius 2 is 2.15 bits per heavy atom. The van der Waals surface area contributed by atoms with Crippen molar-refractivity contribution < 1.29 is 24.5 Å². The summed E-state index contributed by atoms with van der Waals surface area (Å²) < 4.78 is 4.54. The molecule has 0 amide bonds. The summed E-state index contributed by atoms with van der Waals surface area (Å²) in [5, 5.41) is 19.3. The summed E-state index contributed by atoms with van der Waals surface area (Å²) in [5.41, 5.74) is 0. The second-order valence-corrected chi connectivity index (χ2v) is 2.26. The average molecular weight is 191 g/mol. The van der Waals surface area contributed by atoms with E-state index in [4.69, 9.17) is 10.2 Å². The van der Waals surface area contributed by atoms with E-state index < -0.39 is 24.6 Å². The molecular formula is C7H13NO5. The van der Waals surface area contributed by atoms with E-state index in [0.29, 0.717) is 0 Å². The van der Waals surface area contributed by atoms with Gasteiger partial charge in [0.1, 0.15) is 6.04 Å².